The van der Waals surface area contributed by atoms with E-state index in [0.29, 0.717) is 0 Å². The van der Waals surface area contributed by atoms with Crippen LogP contribution in [-0.2, 0) is 16.4 Å². The number of hydrogen-bond donors (Lipinski definition) is 1. The van der Waals surface area contributed by atoms with E-state index in [1.807, 2.05) is 24.5 Å². The van der Waals surface area contributed by atoms with E-state index in [2.05, 4.69) is 14.6 Å². The fraction of sp³-hybridized carbons (Fsp3) is 0.615. The summed E-state index contributed by atoms with van der Waals surface area (Å²) in [6.45, 7) is 2.94. The Kier molecular flexibility index (Phi) is 4.90. The summed E-state index contributed by atoms with van der Waals surface area (Å²) < 4.78 is 25.0. The Hall–Kier alpha value is -0.980. The first-order valence-electron chi connectivity index (χ1n) is 6.61. The first-order chi connectivity index (χ1) is 9.03. The van der Waals surface area contributed by atoms with E-state index < -0.39 is 10.0 Å². The fourth-order valence-corrected chi connectivity index (χ4v) is 3.26. The van der Waals surface area contributed by atoms with Crippen molar-refractivity contribution in [3.05, 3.63) is 30.1 Å². The first kappa shape index (κ1) is 14.4. The largest absolute Gasteiger partial charge is 0.303 e. The van der Waals surface area contributed by atoms with E-state index in [1.165, 1.54) is 11.8 Å². The summed E-state index contributed by atoms with van der Waals surface area (Å²) in [5.41, 5.74) is 1.30. The number of piperidine rings is 1. The zero-order valence-corrected chi connectivity index (χ0v) is 12.1. The van der Waals surface area contributed by atoms with Crippen LogP contribution in [-0.4, -0.2) is 50.2 Å². The predicted octanol–water partition coefficient (Wildman–Crippen LogP) is 0.638. The molecule has 1 aromatic rings. The van der Waals surface area contributed by atoms with Crippen LogP contribution < -0.4 is 4.72 Å². The van der Waals surface area contributed by atoms with Gasteiger partial charge in [-0.25, -0.2) is 13.1 Å². The molecule has 2 heterocycles. The van der Waals surface area contributed by atoms with E-state index in [-0.39, 0.29) is 6.04 Å². The second-order valence-electron chi connectivity index (χ2n) is 5.11. The number of nitrogens with zero attached hydrogens (tertiary/aromatic N) is 2. The van der Waals surface area contributed by atoms with Gasteiger partial charge in [0, 0.05) is 25.0 Å². The molecule has 1 aliphatic heterocycles. The number of likely N-dealkylation sites (tertiary alicyclic amines) is 1. The van der Waals surface area contributed by atoms with Gasteiger partial charge in [-0.3, -0.25) is 4.98 Å². The molecule has 0 bridgehead atoms. The van der Waals surface area contributed by atoms with Gasteiger partial charge in [0.15, 0.2) is 0 Å². The van der Waals surface area contributed by atoms with Crippen molar-refractivity contribution in [3.8, 4) is 0 Å². The Morgan fingerprint density at radius 1 is 1.32 bits per heavy atom. The Morgan fingerprint density at radius 2 is 1.95 bits per heavy atom. The minimum atomic E-state index is -3.07. The van der Waals surface area contributed by atoms with Gasteiger partial charge in [-0.05, 0) is 50.0 Å². The highest BCUT2D eigenvalue weighted by atomic mass is 32.2. The van der Waals surface area contributed by atoms with Crippen LogP contribution in [0.4, 0.5) is 0 Å². The van der Waals surface area contributed by atoms with E-state index in [9.17, 15) is 8.42 Å². The number of pyridine rings is 1. The number of sulfonamides is 1. The monoisotopic (exact) mass is 283 g/mol. The molecule has 5 nitrogen and oxygen atoms in total. The minimum absolute atomic E-state index is 0.104. The highest BCUT2D eigenvalue weighted by Gasteiger charge is 2.21. The number of aromatic nitrogens is 1. The van der Waals surface area contributed by atoms with E-state index in [1.54, 1.807) is 0 Å². The Bertz CT molecular complexity index is 482. The lowest BCUT2D eigenvalue weighted by molar-refractivity contribution is 0.209. The number of rotatable bonds is 5. The van der Waals surface area contributed by atoms with Crippen molar-refractivity contribution in [3.63, 3.8) is 0 Å². The lowest BCUT2D eigenvalue weighted by atomic mass is 10.1. The normalized spacial score (nSPS) is 18.6. The Labute approximate surface area is 115 Å². The average Bonchev–Trinajstić information content (AvgIpc) is 2.37. The molecule has 0 amide bonds. The highest BCUT2D eigenvalue weighted by molar-refractivity contribution is 7.88. The van der Waals surface area contributed by atoms with Crippen molar-refractivity contribution < 1.29 is 8.42 Å². The standard InChI is InChI=1S/C13H21N3O2S/c1-19(17,18)15-13-5-10-16(11-6-13)9-4-12-2-7-14-8-3-12/h2-3,7-8,13,15H,4-6,9-11H2,1H3. The molecule has 19 heavy (non-hydrogen) atoms. The summed E-state index contributed by atoms with van der Waals surface area (Å²) >= 11 is 0. The SMILES string of the molecule is CS(=O)(=O)NC1CCN(CCc2ccncc2)CC1. The van der Waals surface area contributed by atoms with Crippen molar-refractivity contribution in [1.82, 2.24) is 14.6 Å². The molecule has 0 spiro atoms. The maximum Gasteiger partial charge on any atom is 0.208 e. The zero-order valence-electron chi connectivity index (χ0n) is 11.2. The quantitative estimate of drug-likeness (QED) is 0.861. The van der Waals surface area contributed by atoms with E-state index in [4.69, 9.17) is 0 Å². The second-order valence-corrected chi connectivity index (χ2v) is 6.89. The molecule has 0 unspecified atom stereocenters. The first-order valence-corrected chi connectivity index (χ1v) is 8.50. The van der Waals surface area contributed by atoms with E-state index >= 15 is 0 Å². The van der Waals surface area contributed by atoms with Gasteiger partial charge < -0.3 is 4.90 Å². The maximum atomic E-state index is 11.2. The van der Waals surface area contributed by atoms with Crippen LogP contribution in [0.3, 0.4) is 0 Å². The second kappa shape index (κ2) is 6.45. The van der Waals surface area contributed by atoms with E-state index in [0.717, 1.165) is 38.9 Å². The number of nitrogens with one attached hydrogen (secondary N) is 1. The minimum Gasteiger partial charge on any atom is -0.303 e. The van der Waals surface area contributed by atoms with Crippen LogP contribution >= 0.6 is 0 Å². The molecule has 0 radical (unpaired) electrons. The van der Waals surface area contributed by atoms with Crippen LogP contribution in [0.1, 0.15) is 18.4 Å². The third kappa shape index (κ3) is 5.26. The molecule has 0 aliphatic carbocycles. The highest BCUT2D eigenvalue weighted by Crippen LogP contribution is 2.11. The third-order valence-electron chi connectivity index (χ3n) is 3.43. The van der Waals surface area contributed by atoms with Crippen LogP contribution in [0.25, 0.3) is 0 Å². The van der Waals surface area contributed by atoms with Crippen molar-refractivity contribution >= 4 is 10.0 Å². The zero-order chi connectivity index (χ0) is 13.7. The molecule has 106 valence electrons. The number of hydrogen-bond acceptors (Lipinski definition) is 4. The van der Waals surface area contributed by atoms with Gasteiger partial charge in [0.1, 0.15) is 0 Å². The lowest BCUT2D eigenvalue weighted by Crippen LogP contribution is -2.44. The van der Waals surface area contributed by atoms with Gasteiger partial charge in [0.05, 0.1) is 6.26 Å². The van der Waals surface area contributed by atoms with Crippen molar-refractivity contribution in [2.24, 2.45) is 0 Å². The molecule has 1 aromatic heterocycles. The smallest absolute Gasteiger partial charge is 0.208 e. The molecule has 1 aliphatic rings. The molecule has 6 heteroatoms. The van der Waals surface area contributed by atoms with Crippen molar-refractivity contribution in [1.29, 1.82) is 0 Å². The topological polar surface area (TPSA) is 62.3 Å². The van der Waals surface area contributed by atoms with Crippen molar-refractivity contribution in [2.45, 2.75) is 25.3 Å². The molecule has 0 aromatic carbocycles. The summed E-state index contributed by atoms with van der Waals surface area (Å²) in [5.74, 6) is 0. The van der Waals surface area contributed by atoms with Gasteiger partial charge in [0.25, 0.3) is 0 Å². The Balaban J connectivity index is 1.72. The molecule has 1 fully saturated rings. The summed E-state index contributed by atoms with van der Waals surface area (Å²) in [6, 6.07) is 4.18. The molecule has 1 N–H and O–H groups in total. The van der Waals surface area contributed by atoms with Crippen LogP contribution in [0, 0.1) is 0 Å². The molecule has 0 atom stereocenters. The fourth-order valence-electron chi connectivity index (χ4n) is 2.41. The summed E-state index contributed by atoms with van der Waals surface area (Å²) in [7, 11) is -3.07. The molecular weight excluding hydrogens is 262 g/mol. The van der Waals surface area contributed by atoms with Crippen molar-refractivity contribution in [2.75, 3.05) is 25.9 Å². The Morgan fingerprint density at radius 3 is 2.53 bits per heavy atom. The molecule has 1 saturated heterocycles. The van der Waals surface area contributed by atoms with Gasteiger partial charge in [0.2, 0.25) is 10.0 Å². The van der Waals surface area contributed by atoms with Crippen LogP contribution in [0.5, 0.6) is 0 Å². The van der Waals surface area contributed by atoms with Gasteiger partial charge in [-0.1, -0.05) is 0 Å². The van der Waals surface area contributed by atoms with Crippen LogP contribution in [0.2, 0.25) is 0 Å². The third-order valence-corrected chi connectivity index (χ3v) is 4.20. The summed E-state index contributed by atoms with van der Waals surface area (Å²) in [6.07, 6.45) is 7.66. The van der Waals surface area contributed by atoms with Crippen LogP contribution in [0.15, 0.2) is 24.5 Å². The van der Waals surface area contributed by atoms with Gasteiger partial charge in [-0.2, -0.15) is 0 Å². The average molecular weight is 283 g/mol. The molecule has 2 rings (SSSR count). The lowest BCUT2D eigenvalue weighted by Gasteiger charge is -2.31. The molecule has 0 saturated carbocycles. The van der Waals surface area contributed by atoms with Gasteiger partial charge in [-0.15, -0.1) is 0 Å². The molecular formula is C13H21N3O2S. The maximum absolute atomic E-state index is 11.2. The summed E-state index contributed by atoms with van der Waals surface area (Å²) in [5, 5.41) is 0. The van der Waals surface area contributed by atoms with Gasteiger partial charge >= 0.3 is 0 Å². The predicted molar refractivity (Wildman–Crippen MR) is 75.4 cm³/mol. The summed E-state index contributed by atoms with van der Waals surface area (Å²) in [4.78, 5) is 6.40.